The summed E-state index contributed by atoms with van der Waals surface area (Å²) in [5.41, 5.74) is 1.25. The molecule has 2 aromatic rings. The summed E-state index contributed by atoms with van der Waals surface area (Å²) >= 11 is 13.4. The van der Waals surface area contributed by atoms with Crippen LogP contribution in [0.15, 0.2) is 59.1 Å². The number of halogens is 2. The maximum absolute atomic E-state index is 13.2. The van der Waals surface area contributed by atoms with Crippen LogP contribution >= 0.6 is 35.0 Å². The van der Waals surface area contributed by atoms with Gasteiger partial charge < -0.3 is 5.32 Å². The summed E-state index contributed by atoms with van der Waals surface area (Å²) in [6, 6.07) is 15.9. The molecule has 0 radical (unpaired) electrons. The number of thioether (sulfide) groups is 1. The highest BCUT2D eigenvalue weighted by atomic mass is 35.5. The van der Waals surface area contributed by atoms with Gasteiger partial charge in [0.2, 0.25) is 5.91 Å². The van der Waals surface area contributed by atoms with Crippen molar-refractivity contribution in [1.82, 2.24) is 5.32 Å². The van der Waals surface area contributed by atoms with Crippen molar-refractivity contribution in [2.75, 3.05) is 11.9 Å². The van der Waals surface area contributed by atoms with E-state index in [4.69, 9.17) is 23.2 Å². The molecule has 1 unspecified atom stereocenters. The van der Waals surface area contributed by atoms with Gasteiger partial charge in [-0.3, -0.25) is 14.5 Å². The van der Waals surface area contributed by atoms with Crippen molar-refractivity contribution >= 4 is 52.5 Å². The Balaban J connectivity index is 2.06. The summed E-state index contributed by atoms with van der Waals surface area (Å²) in [6.07, 6.45) is 0.378. The van der Waals surface area contributed by atoms with Crippen molar-refractivity contribution in [3.8, 4) is 6.07 Å². The smallest absolute Gasteiger partial charge is 0.264 e. The lowest BCUT2D eigenvalue weighted by atomic mass is 10.1. The first-order chi connectivity index (χ1) is 13.5. The lowest BCUT2D eigenvalue weighted by Crippen LogP contribution is -2.31. The summed E-state index contributed by atoms with van der Waals surface area (Å²) in [4.78, 5) is 26.8. The van der Waals surface area contributed by atoms with Crippen molar-refractivity contribution in [2.24, 2.45) is 0 Å². The Hall–Kier alpha value is -2.46. The molecule has 1 saturated heterocycles. The minimum atomic E-state index is -0.546. The second kappa shape index (κ2) is 8.70. The van der Waals surface area contributed by atoms with Gasteiger partial charge in [0, 0.05) is 22.8 Å². The van der Waals surface area contributed by atoms with E-state index in [1.165, 1.54) is 23.7 Å². The number of carbonyl (C=O) groups excluding carboxylic acids is 2. The lowest BCUT2D eigenvalue weighted by Gasteiger charge is -2.18. The Morgan fingerprint density at radius 3 is 2.50 bits per heavy atom. The number of nitrogens with zero attached hydrogens (tertiary/aromatic N) is 2. The molecule has 0 bridgehead atoms. The standard InChI is InChI=1S/C20H15Cl2N3O2S/c1-24-18(26)15(11-23)20-25(14-8-6-13(21)7-9-14)19(27)17(28-20)10-12-4-2-3-5-16(12)22/h2-9,17H,10H2,1H3,(H,24,26)/b20-15-. The molecule has 28 heavy (non-hydrogen) atoms. The van der Waals surface area contributed by atoms with E-state index in [1.54, 1.807) is 30.3 Å². The van der Waals surface area contributed by atoms with Crippen molar-refractivity contribution in [2.45, 2.75) is 11.7 Å². The number of nitriles is 1. The summed E-state index contributed by atoms with van der Waals surface area (Å²) in [5.74, 6) is -0.769. The fourth-order valence-corrected chi connectivity index (χ4v) is 4.44. The van der Waals surface area contributed by atoms with E-state index >= 15 is 0 Å². The third-order valence-electron chi connectivity index (χ3n) is 4.18. The van der Waals surface area contributed by atoms with E-state index in [2.05, 4.69) is 5.32 Å². The average molecular weight is 432 g/mol. The second-order valence-corrected chi connectivity index (χ2v) is 7.96. The highest BCUT2D eigenvalue weighted by Gasteiger charge is 2.40. The zero-order valence-electron chi connectivity index (χ0n) is 14.8. The van der Waals surface area contributed by atoms with Crippen molar-refractivity contribution in [3.05, 3.63) is 74.7 Å². The molecule has 142 valence electrons. The van der Waals surface area contributed by atoms with E-state index in [9.17, 15) is 14.9 Å². The minimum absolute atomic E-state index is 0.113. The SMILES string of the molecule is CNC(=O)/C(C#N)=C1\SC(Cc2ccccc2Cl)C(=O)N1c1ccc(Cl)cc1. The molecule has 0 aromatic heterocycles. The van der Waals surface area contributed by atoms with Gasteiger partial charge in [-0.05, 0) is 42.3 Å². The normalized spacial score (nSPS) is 18.0. The molecule has 1 atom stereocenters. The number of anilines is 1. The molecule has 0 aliphatic carbocycles. The van der Waals surface area contributed by atoms with Crippen LogP contribution in [0.2, 0.25) is 10.0 Å². The topological polar surface area (TPSA) is 73.2 Å². The zero-order valence-corrected chi connectivity index (χ0v) is 17.1. The first-order valence-electron chi connectivity index (χ1n) is 8.32. The Bertz CT molecular complexity index is 999. The summed E-state index contributed by atoms with van der Waals surface area (Å²) < 4.78 is 0. The van der Waals surface area contributed by atoms with Gasteiger partial charge in [0.05, 0.1) is 5.25 Å². The Labute approximate surface area is 176 Å². The molecule has 2 aromatic carbocycles. The zero-order chi connectivity index (χ0) is 20.3. The minimum Gasteiger partial charge on any atom is -0.354 e. The lowest BCUT2D eigenvalue weighted by molar-refractivity contribution is -0.117. The molecule has 0 spiro atoms. The highest BCUT2D eigenvalue weighted by molar-refractivity contribution is 8.05. The van der Waals surface area contributed by atoms with Gasteiger partial charge in [-0.25, -0.2) is 0 Å². The number of nitrogens with one attached hydrogen (secondary N) is 1. The fraction of sp³-hybridized carbons (Fsp3) is 0.150. The van der Waals surface area contributed by atoms with Crippen LogP contribution in [-0.2, 0) is 16.0 Å². The first kappa shape index (κ1) is 20.3. The van der Waals surface area contributed by atoms with Gasteiger partial charge >= 0.3 is 0 Å². The van der Waals surface area contributed by atoms with Crippen LogP contribution in [0.5, 0.6) is 0 Å². The number of benzene rings is 2. The number of hydrogen-bond donors (Lipinski definition) is 1. The summed E-state index contributed by atoms with van der Waals surface area (Å²) in [6.45, 7) is 0. The maximum atomic E-state index is 13.2. The van der Waals surface area contributed by atoms with Crippen LogP contribution < -0.4 is 10.2 Å². The van der Waals surface area contributed by atoms with Gasteiger partial charge in [-0.1, -0.05) is 53.2 Å². The number of carbonyl (C=O) groups is 2. The van der Waals surface area contributed by atoms with E-state index in [0.29, 0.717) is 27.2 Å². The number of rotatable bonds is 4. The van der Waals surface area contributed by atoms with Crippen molar-refractivity contribution < 1.29 is 9.59 Å². The molecule has 5 nitrogen and oxygen atoms in total. The molecule has 3 rings (SSSR count). The fourth-order valence-electron chi connectivity index (χ4n) is 2.80. The third-order valence-corrected chi connectivity index (χ3v) is 6.06. The van der Waals surface area contributed by atoms with Crippen LogP contribution in [0, 0.1) is 11.3 Å². The number of amides is 2. The first-order valence-corrected chi connectivity index (χ1v) is 9.96. The van der Waals surface area contributed by atoms with Gasteiger partial charge in [-0.15, -0.1) is 0 Å². The van der Waals surface area contributed by atoms with Crippen LogP contribution in [0.25, 0.3) is 0 Å². The quantitative estimate of drug-likeness (QED) is 0.582. The van der Waals surface area contributed by atoms with E-state index in [0.717, 1.165) is 5.56 Å². The molecule has 1 heterocycles. The Morgan fingerprint density at radius 1 is 1.21 bits per heavy atom. The van der Waals surface area contributed by atoms with Crippen LogP contribution in [0.4, 0.5) is 5.69 Å². The molecule has 1 aliphatic rings. The Morgan fingerprint density at radius 2 is 1.89 bits per heavy atom. The van der Waals surface area contributed by atoms with E-state index < -0.39 is 11.2 Å². The van der Waals surface area contributed by atoms with Gasteiger partial charge in [0.25, 0.3) is 5.91 Å². The molecule has 1 aliphatic heterocycles. The number of hydrogen-bond acceptors (Lipinski definition) is 4. The third kappa shape index (κ3) is 4.02. The van der Waals surface area contributed by atoms with Gasteiger partial charge in [0.1, 0.15) is 16.7 Å². The molecule has 1 N–H and O–H groups in total. The average Bonchev–Trinajstić information content (AvgIpc) is 3.01. The predicted molar refractivity (Wildman–Crippen MR) is 112 cm³/mol. The molecule has 1 fully saturated rings. The highest BCUT2D eigenvalue weighted by Crippen LogP contribution is 2.42. The predicted octanol–water partition coefficient (Wildman–Crippen LogP) is 4.17. The molecular weight excluding hydrogens is 417 g/mol. The number of likely N-dealkylation sites (N-methyl/N-ethyl adjacent to an activating group) is 1. The van der Waals surface area contributed by atoms with Gasteiger partial charge in [0.15, 0.2) is 0 Å². The second-order valence-electron chi connectivity index (χ2n) is 5.92. The van der Waals surface area contributed by atoms with Crippen molar-refractivity contribution in [3.63, 3.8) is 0 Å². The van der Waals surface area contributed by atoms with E-state index in [1.807, 2.05) is 24.3 Å². The molecule has 0 saturated carbocycles. The van der Waals surface area contributed by atoms with Crippen molar-refractivity contribution in [1.29, 1.82) is 5.26 Å². The molecule has 8 heteroatoms. The Kier molecular flexibility index (Phi) is 6.30. The van der Waals surface area contributed by atoms with Gasteiger partial charge in [-0.2, -0.15) is 5.26 Å². The van der Waals surface area contributed by atoms with Crippen LogP contribution in [0.1, 0.15) is 5.56 Å². The van der Waals surface area contributed by atoms with E-state index in [-0.39, 0.29) is 11.5 Å². The largest absolute Gasteiger partial charge is 0.354 e. The summed E-state index contributed by atoms with van der Waals surface area (Å²) in [5, 5.41) is 12.9. The monoisotopic (exact) mass is 431 g/mol. The molecule has 2 amide bonds. The van der Waals surface area contributed by atoms with Crippen LogP contribution in [0.3, 0.4) is 0 Å². The maximum Gasteiger partial charge on any atom is 0.264 e. The molecular formula is C20H15Cl2N3O2S. The summed E-state index contributed by atoms with van der Waals surface area (Å²) in [7, 11) is 1.44. The van der Waals surface area contributed by atoms with Crippen LogP contribution in [-0.4, -0.2) is 24.1 Å².